The van der Waals surface area contributed by atoms with Crippen LogP contribution in [-0.2, 0) is 4.79 Å². The maximum Gasteiger partial charge on any atom is 0.349 e. The Labute approximate surface area is 126 Å². The van der Waals surface area contributed by atoms with E-state index in [1.807, 2.05) is 18.2 Å². The molecular weight excluding hydrogens is 284 g/mol. The normalized spacial score (nSPS) is 10.2. The lowest BCUT2D eigenvalue weighted by atomic mass is 10.3. The fourth-order valence-corrected chi connectivity index (χ4v) is 1.79. The van der Waals surface area contributed by atoms with Gasteiger partial charge in [0.25, 0.3) is 0 Å². The number of carbonyl (C=O) groups excluding carboxylic acids is 1. The summed E-state index contributed by atoms with van der Waals surface area (Å²) in [6.45, 7) is -0.168. The molecule has 1 aromatic heterocycles. The van der Waals surface area contributed by atoms with Crippen molar-refractivity contribution in [3.05, 3.63) is 60.9 Å². The van der Waals surface area contributed by atoms with Gasteiger partial charge in [0.2, 0.25) is 0 Å². The highest BCUT2D eigenvalue weighted by atomic mass is 16.6. The molecule has 0 aliphatic heterocycles. The van der Waals surface area contributed by atoms with Crippen molar-refractivity contribution < 1.29 is 14.3 Å². The number of ether oxygens (including phenoxy) is 2. The van der Waals surface area contributed by atoms with Gasteiger partial charge in [0.1, 0.15) is 17.8 Å². The molecule has 0 saturated heterocycles. The average Bonchev–Trinajstić information content (AvgIpc) is 3.09. The van der Waals surface area contributed by atoms with Crippen molar-refractivity contribution in [3.8, 4) is 17.2 Å². The molecule has 7 heteroatoms. The van der Waals surface area contributed by atoms with Crippen LogP contribution in [0.5, 0.6) is 11.5 Å². The zero-order valence-electron chi connectivity index (χ0n) is 11.5. The summed E-state index contributed by atoms with van der Waals surface area (Å²) in [5.74, 6) is 0.522. The second kappa shape index (κ2) is 6.49. The Hall–Kier alpha value is -3.22. The van der Waals surface area contributed by atoms with Gasteiger partial charge in [-0.3, -0.25) is 0 Å². The summed E-state index contributed by atoms with van der Waals surface area (Å²) in [4.78, 5) is 11.8. The minimum Gasteiger partial charge on any atom is -0.482 e. The molecule has 0 fully saturated rings. The number of esters is 1. The molecule has 0 saturated carbocycles. The van der Waals surface area contributed by atoms with Crippen LogP contribution in [0.2, 0.25) is 0 Å². The molecule has 0 bridgehead atoms. The van der Waals surface area contributed by atoms with Gasteiger partial charge in [0.05, 0.1) is 5.69 Å². The molecule has 22 heavy (non-hydrogen) atoms. The van der Waals surface area contributed by atoms with Crippen molar-refractivity contribution in [3.63, 3.8) is 0 Å². The molecule has 0 radical (unpaired) electrons. The fourth-order valence-electron chi connectivity index (χ4n) is 1.79. The first kappa shape index (κ1) is 13.7. The summed E-state index contributed by atoms with van der Waals surface area (Å²) < 4.78 is 12.0. The molecule has 2 aromatic carbocycles. The van der Waals surface area contributed by atoms with Crippen LogP contribution in [0.15, 0.2) is 60.9 Å². The van der Waals surface area contributed by atoms with Crippen LogP contribution in [0.4, 0.5) is 0 Å². The third kappa shape index (κ3) is 3.45. The third-order valence-corrected chi connectivity index (χ3v) is 2.76. The minimum absolute atomic E-state index is 0.168. The standard InChI is InChI=1S/C15H12N4O3/c20-15(10-21-13-6-2-1-3-7-13)22-14-8-4-5-12(9-14)19-11-16-17-18-19/h1-9,11H,10H2. The number of tetrazole rings is 1. The number of para-hydroxylation sites is 1. The molecule has 0 unspecified atom stereocenters. The van der Waals surface area contributed by atoms with Crippen LogP contribution in [0, 0.1) is 0 Å². The minimum atomic E-state index is -0.488. The summed E-state index contributed by atoms with van der Waals surface area (Å²) in [5, 5.41) is 10.9. The van der Waals surface area contributed by atoms with Gasteiger partial charge in [-0.05, 0) is 34.7 Å². The van der Waals surface area contributed by atoms with Crippen molar-refractivity contribution in [2.24, 2.45) is 0 Å². The van der Waals surface area contributed by atoms with Gasteiger partial charge in [0.15, 0.2) is 6.61 Å². The molecule has 0 amide bonds. The molecule has 1 heterocycles. The van der Waals surface area contributed by atoms with Crippen molar-refractivity contribution in [2.45, 2.75) is 0 Å². The first-order valence-electron chi connectivity index (χ1n) is 6.53. The van der Waals surface area contributed by atoms with Crippen LogP contribution in [0.25, 0.3) is 5.69 Å². The van der Waals surface area contributed by atoms with Crippen molar-refractivity contribution >= 4 is 5.97 Å². The summed E-state index contributed by atoms with van der Waals surface area (Å²) in [7, 11) is 0. The van der Waals surface area contributed by atoms with E-state index in [1.54, 1.807) is 36.4 Å². The molecule has 0 aliphatic carbocycles. The molecule has 110 valence electrons. The van der Waals surface area contributed by atoms with Gasteiger partial charge in [0, 0.05) is 6.07 Å². The van der Waals surface area contributed by atoms with Crippen LogP contribution >= 0.6 is 0 Å². The van der Waals surface area contributed by atoms with E-state index < -0.39 is 5.97 Å². The first-order valence-corrected chi connectivity index (χ1v) is 6.53. The van der Waals surface area contributed by atoms with Crippen molar-refractivity contribution in [1.82, 2.24) is 20.2 Å². The summed E-state index contributed by atoms with van der Waals surface area (Å²) in [6.07, 6.45) is 1.46. The summed E-state index contributed by atoms with van der Waals surface area (Å²) in [6, 6.07) is 16.0. The Bertz CT molecular complexity index is 744. The molecule has 0 spiro atoms. The van der Waals surface area contributed by atoms with E-state index in [-0.39, 0.29) is 6.61 Å². The van der Waals surface area contributed by atoms with Gasteiger partial charge in [-0.2, -0.15) is 0 Å². The molecule has 7 nitrogen and oxygen atoms in total. The molecule has 3 aromatic rings. The molecular formula is C15H12N4O3. The number of rotatable bonds is 5. The van der Waals surface area contributed by atoms with Crippen molar-refractivity contribution in [2.75, 3.05) is 6.61 Å². The molecule has 0 atom stereocenters. The van der Waals surface area contributed by atoms with Gasteiger partial charge in [-0.1, -0.05) is 24.3 Å². The predicted octanol–water partition coefficient (Wildman–Crippen LogP) is 1.65. The number of hydrogen-bond acceptors (Lipinski definition) is 6. The summed E-state index contributed by atoms with van der Waals surface area (Å²) >= 11 is 0. The third-order valence-electron chi connectivity index (χ3n) is 2.76. The topological polar surface area (TPSA) is 79.1 Å². The van der Waals surface area contributed by atoms with E-state index in [0.717, 1.165) is 0 Å². The average molecular weight is 296 g/mol. The maximum absolute atomic E-state index is 11.8. The monoisotopic (exact) mass is 296 g/mol. The first-order chi connectivity index (χ1) is 10.8. The lowest BCUT2D eigenvalue weighted by Gasteiger charge is -2.07. The number of carbonyl (C=O) groups is 1. The Kier molecular flexibility index (Phi) is 4.05. The largest absolute Gasteiger partial charge is 0.482 e. The van der Waals surface area contributed by atoms with Crippen LogP contribution < -0.4 is 9.47 Å². The lowest BCUT2D eigenvalue weighted by molar-refractivity contribution is -0.136. The molecule has 0 N–H and O–H groups in total. The molecule has 3 rings (SSSR count). The van der Waals surface area contributed by atoms with Gasteiger partial charge >= 0.3 is 5.97 Å². The van der Waals surface area contributed by atoms with Crippen LogP contribution in [-0.4, -0.2) is 32.8 Å². The Balaban J connectivity index is 1.61. The van der Waals surface area contributed by atoms with Crippen LogP contribution in [0.1, 0.15) is 0 Å². The van der Waals surface area contributed by atoms with Crippen LogP contribution in [0.3, 0.4) is 0 Å². The van der Waals surface area contributed by atoms with Crippen molar-refractivity contribution in [1.29, 1.82) is 0 Å². The summed E-state index contributed by atoms with van der Waals surface area (Å²) in [5.41, 5.74) is 0.694. The maximum atomic E-state index is 11.8. The highest BCUT2D eigenvalue weighted by molar-refractivity contribution is 5.74. The van der Waals surface area contributed by atoms with Gasteiger partial charge in [-0.25, -0.2) is 9.48 Å². The number of aromatic nitrogens is 4. The smallest absolute Gasteiger partial charge is 0.349 e. The zero-order valence-corrected chi connectivity index (χ0v) is 11.5. The number of benzene rings is 2. The number of hydrogen-bond donors (Lipinski definition) is 0. The van der Waals surface area contributed by atoms with E-state index in [4.69, 9.17) is 9.47 Å². The zero-order chi connectivity index (χ0) is 15.2. The van der Waals surface area contributed by atoms with E-state index in [0.29, 0.717) is 17.2 Å². The fraction of sp³-hybridized carbons (Fsp3) is 0.0667. The highest BCUT2D eigenvalue weighted by Gasteiger charge is 2.07. The van der Waals surface area contributed by atoms with E-state index in [1.165, 1.54) is 11.0 Å². The predicted molar refractivity (Wildman–Crippen MR) is 76.7 cm³/mol. The quantitative estimate of drug-likeness (QED) is 0.526. The Morgan fingerprint density at radius 3 is 2.64 bits per heavy atom. The number of nitrogens with zero attached hydrogens (tertiary/aromatic N) is 4. The highest BCUT2D eigenvalue weighted by Crippen LogP contribution is 2.16. The van der Waals surface area contributed by atoms with E-state index in [2.05, 4.69) is 15.5 Å². The van der Waals surface area contributed by atoms with Gasteiger partial charge in [-0.15, -0.1) is 5.10 Å². The molecule has 0 aliphatic rings. The van der Waals surface area contributed by atoms with Gasteiger partial charge < -0.3 is 9.47 Å². The van der Waals surface area contributed by atoms with E-state index in [9.17, 15) is 4.79 Å². The van der Waals surface area contributed by atoms with E-state index >= 15 is 0 Å². The Morgan fingerprint density at radius 1 is 1.05 bits per heavy atom. The second-order valence-corrected chi connectivity index (χ2v) is 4.33. The second-order valence-electron chi connectivity index (χ2n) is 4.33. The SMILES string of the molecule is O=C(COc1ccccc1)Oc1cccc(-n2cnnn2)c1. The Morgan fingerprint density at radius 2 is 1.86 bits per heavy atom. The lowest BCUT2D eigenvalue weighted by Crippen LogP contribution is -2.17.